The van der Waals surface area contributed by atoms with E-state index in [1.54, 1.807) is 19.3 Å². The molecule has 0 aliphatic heterocycles. The largest absolute Gasteiger partial charge is 0.396 e. The van der Waals surface area contributed by atoms with Crippen molar-refractivity contribution in [2.24, 2.45) is 5.92 Å². The van der Waals surface area contributed by atoms with Crippen molar-refractivity contribution in [1.82, 2.24) is 19.9 Å². The molecule has 0 unspecified atom stereocenters. The van der Waals surface area contributed by atoms with Crippen molar-refractivity contribution in [3.8, 4) is 10.6 Å². The van der Waals surface area contributed by atoms with Gasteiger partial charge in [0.25, 0.3) is 0 Å². The van der Waals surface area contributed by atoms with Gasteiger partial charge in [0.15, 0.2) is 0 Å². The van der Waals surface area contributed by atoms with Crippen LogP contribution < -0.4 is 10.6 Å². The molecule has 9 nitrogen and oxygen atoms in total. The van der Waals surface area contributed by atoms with E-state index in [9.17, 15) is 15.3 Å². The number of fused-ring (bicyclic) bond motifs is 1. The van der Waals surface area contributed by atoms with Gasteiger partial charge in [0.2, 0.25) is 5.95 Å². The Morgan fingerprint density at radius 3 is 2.69 bits per heavy atom. The average molecular weight is 457 g/mol. The summed E-state index contributed by atoms with van der Waals surface area (Å²) >= 11 is 1.53. The molecule has 3 heterocycles. The van der Waals surface area contributed by atoms with Crippen LogP contribution in [0.25, 0.3) is 20.8 Å². The summed E-state index contributed by atoms with van der Waals surface area (Å²) in [4.78, 5) is 18.4. The van der Waals surface area contributed by atoms with Crippen LogP contribution in [0.4, 0.5) is 11.8 Å². The number of aliphatic hydroxyl groups excluding tert-OH is 2. The average Bonchev–Trinajstić information content (AvgIpc) is 3.24. The van der Waals surface area contributed by atoms with E-state index in [0.717, 1.165) is 39.3 Å². The first-order valence-electron chi connectivity index (χ1n) is 11.0. The molecule has 0 aromatic carbocycles. The molecule has 0 saturated heterocycles. The molecule has 2 fully saturated rings. The highest BCUT2D eigenvalue weighted by atomic mass is 32.1. The molecule has 2 saturated carbocycles. The minimum atomic E-state index is -1.41. The van der Waals surface area contributed by atoms with Gasteiger partial charge in [0.1, 0.15) is 21.9 Å². The molecule has 0 amide bonds. The number of nitrogens with zero attached hydrogens (tertiary/aromatic N) is 4. The first kappa shape index (κ1) is 21.4. The molecular weight excluding hydrogens is 428 g/mol. The molecule has 0 spiro atoms. The lowest BCUT2D eigenvalue weighted by molar-refractivity contribution is -0.0647. The van der Waals surface area contributed by atoms with Gasteiger partial charge in [-0.2, -0.15) is 4.98 Å². The summed E-state index contributed by atoms with van der Waals surface area (Å²) in [5.41, 5.74) is 0.928. The minimum absolute atomic E-state index is 0.190. The Morgan fingerprint density at radius 2 is 2.03 bits per heavy atom. The summed E-state index contributed by atoms with van der Waals surface area (Å²) in [5, 5.41) is 38.7. The number of rotatable bonds is 6. The molecule has 3 aromatic rings. The number of pyridine rings is 1. The van der Waals surface area contributed by atoms with E-state index in [0.29, 0.717) is 24.2 Å². The summed E-state index contributed by atoms with van der Waals surface area (Å²) in [6.45, 7) is 3.33. The lowest BCUT2D eigenvalue weighted by Crippen LogP contribution is -2.48. The first-order valence-corrected chi connectivity index (χ1v) is 11.8. The third-order valence-corrected chi connectivity index (χ3v) is 7.82. The van der Waals surface area contributed by atoms with Crippen molar-refractivity contribution in [2.75, 3.05) is 17.2 Å². The van der Waals surface area contributed by atoms with E-state index in [4.69, 9.17) is 15.0 Å². The Balaban J connectivity index is 1.56. The summed E-state index contributed by atoms with van der Waals surface area (Å²) in [7, 11) is 0. The van der Waals surface area contributed by atoms with Gasteiger partial charge in [-0.3, -0.25) is 4.98 Å². The number of nitrogens with one attached hydrogen (secondary N) is 2. The zero-order valence-electron chi connectivity index (χ0n) is 18.1. The highest BCUT2D eigenvalue weighted by Gasteiger charge is 2.50. The van der Waals surface area contributed by atoms with E-state index < -0.39 is 23.7 Å². The van der Waals surface area contributed by atoms with Crippen LogP contribution in [-0.4, -0.2) is 65.7 Å². The molecule has 4 atom stereocenters. The highest BCUT2D eigenvalue weighted by molar-refractivity contribution is 7.21. The van der Waals surface area contributed by atoms with E-state index in [1.165, 1.54) is 17.8 Å². The van der Waals surface area contributed by atoms with E-state index >= 15 is 0 Å². The van der Waals surface area contributed by atoms with Crippen LogP contribution >= 0.6 is 11.3 Å². The molecule has 5 rings (SSSR count). The van der Waals surface area contributed by atoms with Gasteiger partial charge in [-0.15, -0.1) is 11.3 Å². The number of hydrogen-bond acceptors (Lipinski definition) is 10. The molecule has 170 valence electrons. The fourth-order valence-electron chi connectivity index (χ4n) is 4.52. The van der Waals surface area contributed by atoms with Crippen LogP contribution in [0.2, 0.25) is 0 Å². The number of aromatic nitrogens is 4. The SMILES string of the molecule is Cc1nc(NC2CCC2)nc(N[C@@H]2C[C@H](CO)[C@@H](O)[C@@]2(C)O)c1-c1nc2cnccc2s1. The van der Waals surface area contributed by atoms with Crippen LogP contribution in [0.15, 0.2) is 18.5 Å². The molecule has 3 aromatic heterocycles. The predicted molar refractivity (Wildman–Crippen MR) is 124 cm³/mol. The van der Waals surface area contributed by atoms with Crippen molar-refractivity contribution in [3.05, 3.63) is 24.2 Å². The topological polar surface area (TPSA) is 136 Å². The number of anilines is 2. The number of aryl methyl sites for hydroxylation is 1. The minimum Gasteiger partial charge on any atom is -0.396 e. The third kappa shape index (κ3) is 3.71. The zero-order chi connectivity index (χ0) is 22.5. The summed E-state index contributed by atoms with van der Waals surface area (Å²) in [6, 6.07) is 1.81. The van der Waals surface area contributed by atoms with Crippen molar-refractivity contribution in [2.45, 2.75) is 63.3 Å². The Hall–Kier alpha value is -2.40. The van der Waals surface area contributed by atoms with Crippen LogP contribution in [0.5, 0.6) is 0 Å². The summed E-state index contributed by atoms with van der Waals surface area (Å²) < 4.78 is 1.01. The third-order valence-electron chi connectivity index (χ3n) is 6.77. The lowest BCUT2D eigenvalue weighted by atomic mass is 9.93. The van der Waals surface area contributed by atoms with Crippen LogP contribution in [-0.2, 0) is 0 Å². The molecule has 10 heteroatoms. The highest BCUT2D eigenvalue weighted by Crippen LogP contribution is 2.40. The molecule has 2 aliphatic rings. The monoisotopic (exact) mass is 456 g/mol. The standard InChI is InChI=1S/C22H28N6O3S/c1-11-17(20-26-14-9-23-7-6-15(14)32-20)19(28-21(24-11)25-13-4-3-5-13)27-16-8-12(10-29)18(30)22(16,2)31/h6-7,9,12-13,16,18,29-31H,3-5,8,10H2,1-2H3,(H2,24,25,27,28)/t12-,16-,18-,22+/m1/s1. The Labute approximate surface area is 190 Å². The smallest absolute Gasteiger partial charge is 0.225 e. The van der Waals surface area contributed by atoms with Gasteiger partial charge < -0.3 is 26.0 Å². The van der Waals surface area contributed by atoms with Crippen molar-refractivity contribution in [3.63, 3.8) is 0 Å². The molecule has 32 heavy (non-hydrogen) atoms. The zero-order valence-corrected chi connectivity index (χ0v) is 18.9. The first-order chi connectivity index (χ1) is 15.4. The Morgan fingerprint density at radius 1 is 1.22 bits per heavy atom. The van der Waals surface area contributed by atoms with Crippen LogP contribution in [0.3, 0.4) is 0 Å². The summed E-state index contributed by atoms with van der Waals surface area (Å²) in [6.07, 6.45) is 6.25. The maximum Gasteiger partial charge on any atom is 0.225 e. The van der Waals surface area contributed by atoms with Gasteiger partial charge in [0, 0.05) is 24.8 Å². The fourth-order valence-corrected chi connectivity index (χ4v) is 5.55. The van der Waals surface area contributed by atoms with Gasteiger partial charge in [-0.05, 0) is 45.6 Å². The van der Waals surface area contributed by atoms with E-state index in [-0.39, 0.29) is 6.61 Å². The van der Waals surface area contributed by atoms with E-state index in [1.807, 2.05) is 13.0 Å². The number of thiazole rings is 1. The second-order valence-electron chi connectivity index (χ2n) is 9.04. The van der Waals surface area contributed by atoms with Crippen LogP contribution in [0.1, 0.15) is 38.3 Å². The quantitative estimate of drug-likeness (QED) is 0.378. The van der Waals surface area contributed by atoms with E-state index in [2.05, 4.69) is 15.6 Å². The van der Waals surface area contributed by atoms with Gasteiger partial charge in [-0.1, -0.05) is 0 Å². The summed E-state index contributed by atoms with van der Waals surface area (Å²) in [5.74, 6) is 0.690. The molecule has 0 bridgehead atoms. The fraction of sp³-hybridized carbons (Fsp3) is 0.545. The van der Waals surface area contributed by atoms with Crippen molar-refractivity contribution < 1.29 is 15.3 Å². The van der Waals surface area contributed by atoms with Crippen LogP contribution in [0, 0.1) is 12.8 Å². The predicted octanol–water partition coefficient (Wildman–Crippen LogP) is 2.33. The number of aliphatic hydroxyl groups is 3. The second kappa shape index (κ2) is 8.18. The van der Waals surface area contributed by atoms with Gasteiger partial charge in [-0.25, -0.2) is 9.97 Å². The molecule has 5 N–H and O–H groups in total. The van der Waals surface area contributed by atoms with Gasteiger partial charge in [0.05, 0.1) is 34.3 Å². The Kier molecular flexibility index (Phi) is 5.48. The van der Waals surface area contributed by atoms with Crippen molar-refractivity contribution in [1.29, 1.82) is 0 Å². The van der Waals surface area contributed by atoms with Crippen molar-refractivity contribution >= 4 is 33.3 Å². The second-order valence-corrected chi connectivity index (χ2v) is 10.1. The Bertz CT molecular complexity index is 1100. The molecule has 2 aliphatic carbocycles. The maximum absolute atomic E-state index is 11.0. The van der Waals surface area contributed by atoms with Gasteiger partial charge >= 0.3 is 0 Å². The maximum atomic E-state index is 11.0. The molecular formula is C22H28N6O3S. The molecule has 0 radical (unpaired) electrons. The number of hydrogen-bond donors (Lipinski definition) is 5. The normalized spacial score (nSPS) is 28.1. The lowest BCUT2D eigenvalue weighted by Gasteiger charge is -2.31.